The van der Waals surface area contributed by atoms with Crippen molar-refractivity contribution < 1.29 is 13.2 Å². The highest BCUT2D eigenvalue weighted by Gasteiger charge is 2.12. The van der Waals surface area contributed by atoms with Gasteiger partial charge in [-0.2, -0.15) is 0 Å². The summed E-state index contributed by atoms with van der Waals surface area (Å²) in [6.07, 6.45) is 0. The number of carbonyl (C=O) groups is 1. The number of halogens is 2. The van der Waals surface area contributed by atoms with Crippen LogP contribution < -0.4 is 10.0 Å². The van der Waals surface area contributed by atoms with E-state index in [4.69, 9.17) is 23.2 Å². The maximum absolute atomic E-state index is 12.2. The maximum Gasteiger partial charge on any atom is 0.255 e. The fourth-order valence-electron chi connectivity index (χ4n) is 1.74. The second kappa shape index (κ2) is 7.21. The van der Waals surface area contributed by atoms with Gasteiger partial charge in [0.15, 0.2) is 0 Å². The lowest BCUT2D eigenvalue weighted by molar-refractivity contribution is 0.102. The van der Waals surface area contributed by atoms with Crippen LogP contribution in [0.25, 0.3) is 0 Å². The van der Waals surface area contributed by atoms with Gasteiger partial charge in [-0.25, -0.2) is 8.42 Å². The molecule has 0 aliphatic rings. The lowest BCUT2D eigenvalue weighted by Gasteiger charge is -2.10. The quantitative estimate of drug-likeness (QED) is 0.832. The molecule has 0 heterocycles. The number of nitrogens with one attached hydrogen (secondary N) is 2. The number of anilines is 2. The van der Waals surface area contributed by atoms with E-state index in [1.165, 1.54) is 31.2 Å². The van der Waals surface area contributed by atoms with Crippen LogP contribution in [0.15, 0.2) is 42.5 Å². The first-order valence-electron chi connectivity index (χ1n) is 6.68. The molecule has 0 bridgehead atoms. The zero-order chi connectivity index (χ0) is 17.0. The standard InChI is InChI=1S/C15H14Cl2N2O3S/c1-2-23(21,22)19-11-8-6-10(7-9-11)15(20)18-14-12(16)4-3-5-13(14)17/h3-9,19H,2H2,1H3,(H,18,20). The lowest BCUT2D eigenvalue weighted by Crippen LogP contribution is -2.15. The summed E-state index contributed by atoms with van der Waals surface area (Å²) in [5.74, 6) is -0.426. The highest BCUT2D eigenvalue weighted by molar-refractivity contribution is 7.92. The molecule has 0 radical (unpaired) electrons. The molecule has 1 amide bonds. The minimum absolute atomic E-state index is 0.0275. The second-order valence-corrected chi connectivity index (χ2v) is 7.46. The first kappa shape index (κ1) is 17.6. The number of amides is 1. The average Bonchev–Trinajstić information content (AvgIpc) is 2.51. The second-order valence-electron chi connectivity index (χ2n) is 4.63. The van der Waals surface area contributed by atoms with Crippen LogP contribution in [0.2, 0.25) is 10.0 Å². The van der Waals surface area contributed by atoms with E-state index < -0.39 is 15.9 Å². The number of rotatable bonds is 5. The van der Waals surface area contributed by atoms with Crippen molar-refractivity contribution in [3.05, 3.63) is 58.1 Å². The lowest BCUT2D eigenvalue weighted by atomic mass is 10.2. The van der Waals surface area contributed by atoms with E-state index in [2.05, 4.69) is 10.0 Å². The Bertz CT molecular complexity index is 801. The zero-order valence-electron chi connectivity index (χ0n) is 12.1. The van der Waals surface area contributed by atoms with Crippen LogP contribution in [0.4, 0.5) is 11.4 Å². The van der Waals surface area contributed by atoms with Gasteiger partial charge in [0, 0.05) is 11.3 Å². The van der Waals surface area contributed by atoms with E-state index in [1.807, 2.05) is 0 Å². The van der Waals surface area contributed by atoms with Gasteiger partial charge in [-0.1, -0.05) is 29.3 Å². The van der Waals surface area contributed by atoms with Crippen molar-refractivity contribution in [3.63, 3.8) is 0 Å². The number of benzene rings is 2. The molecule has 5 nitrogen and oxygen atoms in total. The number of carbonyl (C=O) groups excluding carboxylic acids is 1. The molecule has 2 aromatic carbocycles. The Labute approximate surface area is 144 Å². The van der Waals surface area contributed by atoms with E-state index in [-0.39, 0.29) is 5.75 Å². The Kier molecular flexibility index (Phi) is 5.51. The monoisotopic (exact) mass is 372 g/mol. The van der Waals surface area contributed by atoms with Crippen LogP contribution >= 0.6 is 23.2 Å². The van der Waals surface area contributed by atoms with Crippen molar-refractivity contribution in [2.45, 2.75) is 6.92 Å². The van der Waals surface area contributed by atoms with Crippen molar-refractivity contribution in [3.8, 4) is 0 Å². The molecule has 0 aliphatic carbocycles. The minimum Gasteiger partial charge on any atom is -0.319 e. The topological polar surface area (TPSA) is 75.3 Å². The van der Waals surface area contributed by atoms with Gasteiger partial charge in [0.25, 0.3) is 5.91 Å². The van der Waals surface area contributed by atoms with Crippen LogP contribution in [0.1, 0.15) is 17.3 Å². The third-order valence-electron chi connectivity index (χ3n) is 3.00. The number of hydrogen-bond acceptors (Lipinski definition) is 3. The Hall–Kier alpha value is -1.76. The summed E-state index contributed by atoms with van der Waals surface area (Å²) in [5, 5.41) is 3.30. The summed E-state index contributed by atoms with van der Waals surface area (Å²) in [5.41, 5.74) is 1.07. The maximum atomic E-state index is 12.2. The number of sulfonamides is 1. The largest absolute Gasteiger partial charge is 0.319 e. The number of para-hydroxylation sites is 1. The van der Waals surface area contributed by atoms with E-state index in [0.29, 0.717) is 27.0 Å². The molecule has 0 saturated carbocycles. The molecular formula is C15H14Cl2N2O3S. The van der Waals surface area contributed by atoms with Crippen LogP contribution in [0.5, 0.6) is 0 Å². The van der Waals surface area contributed by atoms with E-state index >= 15 is 0 Å². The highest BCUT2D eigenvalue weighted by atomic mass is 35.5. The van der Waals surface area contributed by atoms with Gasteiger partial charge in [0.05, 0.1) is 21.5 Å². The van der Waals surface area contributed by atoms with Crippen molar-refractivity contribution in [1.29, 1.82) is 0 Å². The molecule has 2 rings (SSSR count). The first-order chi connectivity index (χ1) is 10.8. The van der Waals surface area contributed by atoms with Gasteiger partial charge in [-0.15, -0.1) is 0 Å². The van der Waals surface area contributed by atoms with E-state index in [0.717, 1.165) is 0 Å². The highest BCUT2D eigenvalue weighted by Crippen LogP contribution is 2.30. The summed E-state index contributed by atoms with van der Waals surface area (Å²) >= 11 is 12.0. The predicted octanol–water partition coefficient (Wildman–Crippen LogP) is 4.01. The molecular weight excluding hydrogens is 359 g/mol. The van der Waals surface area contributed by atoms with Gasteiger partial charge in [0.2, 0.25) is 10.0 Å². The summed E-state index contributed by atoms with van der Waals surface area (Å²) in [6.45, 7) is 1.54. The fraction of sp³-hybridized carbons (Fsp3) is 0.133. The third-order valence-corrected chi connectivity index (χ3v) is 4.94. The van der Waals surface area contributed by atoms with Crippen molar-refractivity contribution in [2.75, 3.05) is 15.8 Å². The summed E-state index contributed by atoms with van der Waals surface area (Å²) in [7, 11) is -3.35. The molecule has 2 aromatic rings. The Morgan fingerprint density at radius 1 is 1.04 bits per heavy atom. The Morgan fingerprint density at radius 3 is 2.13 bits per heavy atom. The smallest absolute Gasteiger partial charge is 0.255 e. The molecule has 0 aromatic heterocycles. The zero-order valence-corrected chi connectivity index (χ0v) is 14.5. The summed E-state index contributed by atoms with van der Waals surface area (Å²) < 4.78 is 25.4. The van der Waals surface area contributed by atoms with Crippen molar-refractivity contribution in [2.24, 2.45) is 0 Å². The average molecular weight is 373 g/mol. The van der Waals surface area contributed by atoms with E-state index in [1.54, 1.807) is 18.2 Å². The van der Waals surface area contributed by atoms with Crippen LogP contribution in [-0.2, 0) is 10.0 Å². The van der Waals surface area contributed by atoms with Crippen LogP contribution in [-0.4, -0.2) is 20.1 Å². The first-order valence-corrected chi connectivity index (χ1v) is 9.09. The summed E-state index contributed by atoms with van der Waals surface area (Å²) in [6, 6.07) is 10.9. The molecule has 8 heteroatoms. The Morgan fingerprint density at radius 2 is 1.61 bits per heavy atom. The van der Waals surface area contributed by atoms with Crippen LogP contribution in [0, 0.1) is 0 Å². The van der Waals surface area contributed by atoms with E-state index in [9.17, 15) is 13.2 Å². The molecule has 0 atom stereocenters. The SMILES string of the molecule is CCS(=O)(=O)Nc1ccc(C(=O)Nc2c(Cl)cccc2Cl)cc1. The summed E-state index contributed by atoms with van der Waals surface area (Å²) in [4.78, 5) is 12.2. The Balaban J connectivity index is 2.15. The molecule has 0 fully saturated rings. The molecule has 0 saturated heterocycles. The predicted molar refractivity (Wildman–Crippen MR) is 93.9 cm³/mol. The molecule has 122 valence electrons. The third kappa shape index (κ3) is 4.60. The van der Waals surface area contributed by atoms with Gasteiger partial charge in [-0.3, -0.25) is 9.52 Å². The minimum atomic E-state index is -3.35. The van der Waals surface area contributed by atoms with Crippen molar-refractivity contribution in [1.82, 2.24) is 0 Å². The normalized spacial score (nSPS) is 11.1. The van der Waals surface area contributed by atoms with Crippen LogP contribution in [0.3, 0.4) is 0 Å². The molecule has 0 spiro atoms. The molecule has 2 N–H and O–H groups in total. The molecule has 23 heavy (non-hydrogen) atoms. The van der Waals surface area contributed by atoms with Gasteiger partial charge in [-0.05, 0) is 43.3 Å². The van der Waals surface area contributed by atoms with Gasteiger partial charge >= 0.3 is 0 Å². The van der Waals surface area contributed by atoms with Gasteiger partial charge in [0.1, 0.15) is 0 Å². The fourth-order valence-corrected chi connectivity index (χ4v) is 2.88. The molecule has 0 unspecified atom stereocenters. The number of hydrogen-bond donors (Lipinski definition) is 2. The molecule has 0 aliphatic heterocycles. The van der Waals surface area contributed by atoms with Crippen molar-refractivity contribution >= 4 is 50.5 Å². The van der Waals surface area contributed by atoms with Gasteiger partial charge < -0.3 is 5.32 Å².